The predicted octanol–water partition coefficient (Wildman–Crippen LogP) is 1.36. The fourth-order valence-corrected chi connectivity index (χ4v) is 1.55. The molecule has 107 valence electrons. The van der Waals surface area contributed by atoms with Crippen molar-refractivity contribution in [2.45, 2.75) is 13.8 Å². The van der Waals surface area contributed by atoms with E-state index in [2.05, 4.69) is 5.32 Å². The Morgan fingerprint density at radius 2 is 2.05 bits per heavy atom. The summed E-state index contributed by atoms with van der Waals surface area (Å²) in [5.41, 5.74) is 0.503. The van der Waals surface area contributed by atoms with E-state index >= 15 is 0 Å². The van der Waals surface area contributed by atoms with E-state index < -0.39 is 5.97 Å². The minimum Gasteiger partial charge on any atom is -0.459 e. The SMILES string of the molecule is CCOCCOC(=O)/C(C#N)=C(/C)NC[C]1[CH][CH][CH][CH]1. The summed E-state index contributed by atoms with van der Waals surface area (Å²) in [6, 6.07) is 1.87. The van der Waals surface area contributed by atoms with Gasteiger partial charge in [0.15, 0.2) is 5.57 Å². The lowest BCUT2D eigenvalue weighted by Gasteiger charge is -2.12. The maximum atomic E-state index is 11.7. The van der Waals surface area contributed by atoms with Gasteiger partial charge in [0.2, 0.25) is 0 Å². The molecule has 5 radical (unpaired) electrons. The van der Waals surface area contributed by atoms with Gasteiger partial charge in [0.05, 0.1) is 6.61 Å². The maximum Gasteiger partial charge on any atom is 0.350 e. The van der Waals surface area contributed by atoms with E-state index in [1.54, 1.807) is 6.92 Å². The molecule has 20 heavy (non-hydrogen) atoms. The minimum atomic E-state index is -0.625. The van der Waals surface area contributed by atoms with Crippen molar-refractivity contribution < 1.29 is 14.3 Å². The molecule has 1 N–H and O–H groups in total. The number of hydrogen-bond donors (Lipinski definition) is 1. The van der Waals surface area contributed by atoms with Crippen LogP contribution in [0.5, 0.6) is 0 Å². The molecule has 0 aromatic carbocycles. The molecule has 0 saturated heterocycles. The first-order valence-corrected chi connectivity index (χ1v) is 6.49. The Hall–Kier alpha value is -1.54. The highest BCUT2D eigenvalue weighted by Crippen LogP contribution is 2.22. The van der Waals surface area contributed by atoms with Crippen LogP contribution in [0.2, 0.25) is 0 Å². The molecule has 1 rings (SSSR count). The molecule has 5 heteroatoms. The zero-order chi connectivity index (χ0) is 14.8. The lowest BCUT2D eigenvalue weighted by Crippen LogP contribution is -2.22. The summed E-state index contributed by atoms with van der Waals surface area (Å²) < 4.78 is 10.0. The number of nitrogens with one attached hydrogen (secondary N) is 1. The van der Waals surface area contributed by atoms with Crippen molar-refractivity contribution in [3.05, 3.63) is 42.9 Å². The first-order chi connectivity index (χ1) is 9.69. The standard InChI is InChI=1S/C15H19N2O3/c1-3-19-8-9-20-15(18)14(10-16)12(2)17-11-13-6-4-5-7-13/h4-7,17H,3,8-9,11H2,1-2H3/b14-12-. The van der Waals surface area contributed by atoms with Gasteiger partial charge in [-0.1, -0.05) is 0 Å². The smallest absolute Gasteiger partial charge is 0.350 e. The fraction of sp³-hybridized carbons (Fsp3) is 0.400. The summed E-state index contributed by atoms with van der Waals surface area (Å²) in [5, 5.41) is 12.1. The van der Waals surface area contributed by atoms with Crippen LogP contribution in [0.15, 0.2) is 11.3 Å². The van der Waals surface area contributed by atoms with E-state index in [4.69, 9.17) is 14.7 Å². The summed E-state index contributed by atoms with van der Waals surface area (Å²) in [6.07, 6.45) is 7.80. The highest BCUT2D eigenvalue weighted by molar-refractivity contribution is 5.93. The number of allylic oxidation sites excluding steroid dienone is 1. The van der Waals surface area contributed by atoms with Crippen LogP contribution < -0.4 is 5.32 Å². The van der Waals surface area contributed by atoms with Crippen LogP contribution in [-0.2, 0) is 14.3 Å². The van der Waals surface area contributed by atoms with Crippen molar-refractivity contribution >= 4 is 5.97 Å². The molecule has 0 unspecified atom stereocenters. The van der Waals surface area contributed by atoms with Gasteiger partial charge in [-0.25, -0.2) is 4.79 Å². The Bertz CT molecular complexity index is 379. The molecule has 0 aliphatic heterocycles. The number of rotatable bonds is 8. The second-order valence-corrected chi connectivity index (χ2v) is 4.09. The first-order valence-electron chi connectivity index (χ1n) is 6.49. The topological polar surface area (TPSA) is 71.3 Å². The summed E-state index contributed by atoms with van der Waals surface area (Å²) in [7, 11) is 0. The molecular formula is C15H19N2O3. The van der Waals surface area contributed by atoms with Crippen molar-refractivity contribution in [3.8, 4) is 6.07 Å². The van der Waals surface area contributed by atoms with Crippen LogP contribution >= 0.6 is 0 Å². The van der Waals surface area contributed by atoms with E-state index in [-0.39, 0.29) is 12.2 Å². The van der Waals surface area contributed by atoms with Crippen LogP contribution in [0.1, 0.15) is 13.8 Å². The Labute approximate surface area is 120 Å². The normalized spacial score (nSPS) is 16.4. The van der Waals surface area contributed by atoms with Crippen LogP contribution in [0.3, 0.4) is 0 Å². The van der Waals surface area contributed by atoms with Crippen molar-refractivity contribution in [1.82, 2.24) is 5.32 Å². The van der Waals surface area contributed by atoms with Gasteiger partial charge < -0.3 is 14.8 Å². The molecule has 0 aromatic rings. The van der Waals surface area contributed by atoms with E-state index in [1.165, 1.54) is 0 Å². The number of nitrogens with zero attached hydrogens (tertiary/aromatic N) is 1. The Balaban J connectivity index is 2.42. The number of carbonyl (C=O) groups is 1. The Morgan fingerprint density at radius 3 is 2.65 bits per heavy atom. The summed E-state index contributed by atoms with van der Waals surface area (Å²) in [5.74, 6) is 0.464. The van der Waals surface area contributed by atoms with Crippen LogP contribution in [-0.4, -0.2) is 32.3 Å². The van der Waals surface area contributed by atoms with Crippen LogP contribution in [0.4, 0.5) is 0 Å². The molecular weight excluding hydrogens is 256 g/mol. The average molecular weight is 275 g/mol. The molecule has 0 heterocycles. The zero-order valence-corrected chi connectivity index (χ0v) is 11.8. The van der Waals surface area contributed by atoms with Gasteiger partial charge in [-0.3, -0.25) is 0 Å². The second-order valence-electron chi connectivity index (χ2n) is 4.09. The average Bonchev–Trinajstić information content (AvgIpc) is 2.95. The van der Waals surface area contributed by atoms with Gasteiger partial charge in [-0.05, 0) is 39.5 Å². The third kappa shape index (κ3) is 5.62. The highest BCUT2D eigenvalue weighted by Gasteiger charge is 2.18. The number of nitriles is 1. The molecule has 1 saturated carbocycles. The predicted molar refractivity (Wildman–Crippen MR) is 74.2 cm³/mol. The van der Waals surface area contributed by atoms with Gasteiger partial charge in [-0.2, -0.15) is 5.26 Å². The van der Waals surface area contributed by atoms with E-state index in [1.807, 2.05) is 38.7 Å². The van der Waals surface area contributed by atoms with Gasteiger partial charge >= 0.3 is 5.97 Å². The van der Waals surface area contributed by atoms with E-state index in [9.17, 15) is 4.79 Å². The molecule has 5 nitrogen and oxygen atoms in total. The van der Waals surface area contributed by atoms with Crippen LogP contribution in [0.25, 0.3) is 0 Å². The lowest BCUT2D eigenvalue weighted by molar-refractivity contribution is -0.140. The number of carbonyl (C=O) groups excluding carboxylic acids is 1. The molecule has 0 bridgehead atoms. The van der Waals surface area contributed by atoms with Crippen molar-refractivity contribution in [1.29, 1.82) is 5.26 Å². The molecule has 0 amide bonds. The third-order valence-electron chi connectivity index (χ3n) is 2.65. The Morgan fingerprint density at radius 1 is 1.35 bits per heavy atom. The first kappa shape index (κ1) is 16.5. The molecule has 0 aromatic heterocycles. The van der Waals surface area contributed by atoms with E-state index in [0.29, 0.717) is 25.5 Å². The van der Waals surface area contributed by atoms with Crippen molar-refractivity contribution in [2.24, 2.45) is 0 Å². The molecule has 1 fully saturated rings. The van der Waals surface area contributed by atoms with Crippen LogP contribution in [0, 0.1) is 42.9 Å². The largest absolute Gasteiger partial charge is 0.459 e. The van der Waals surface area contributed by atoms with Gasteiger partial charge in [0, 0.05) is 24.8 Å². The molecule has 0 atom stereocenters. The minimum absolute atomic E-state index is 0.00643. The number of esters is 1. The van der Waals surface area contributed by atoms with Gasteiger partial charge in [0.1, 0.15) is 12.7 Å². The maximum absolute atomic E-state index is 11.7. The second kappa shape index (κ2) is 9.38. The fourth-order valence-electron chi connectivity index (χ4n) is 1.55. The molecule has 0 spiro atoms. The summed E-state index contributed by atoms with van der Waals surface area (Å²) >= 11 is 0. The lowest BCUT2D eigenvalue weighted by atomic mass is 10.1. The Kier molecular flexibility index (Phi) is 7.74. The van der Waals surface area contributed by atoms with E-state index in [0.717, 1.165) is 5.92 Å². The number of hydrogen-bond acceptors (Lipinski definition) is 5. The monoisotopic (exact) mass is 275 g/mol. The third-order valence-corrected chi connectivity index (χ3v) is 2.65. The van der Waals surface area contributed by atoms with Gasteiger partial charge in [0.25, 0.3) is 0 Å². The quantitative estimate of drug-likeness (QED) is 0.313. The highest BCUT2D eigenvalue weighted by atomic mass is 16.6. The summed E-state index contributed by atoms with van der Waals surface area (Å²) in [4.78, 5) is 11.7. The van der Waals surface area contributed by atoms with Gasteiger partial charge in [-0.15, -0.1) is 0 Å². The van der Waals surface area contributed by atoms with Crippen molar-refractivity contribution in [3.63, 3.8) is 0 Å². The molecule has 1 aliphatic carbocycles. The zero-order valence-electron chi connectivity index (χ0n) is 11.8. The molecule has 1 aliphatic rings. The summed E-state index contributed by atoms with van der Waals surface area (Å²) in [6.45, 7) is 5.16. The number of ether oxygens (including phenoxy) is 2. The van der Waals surface area contributed by atoms with Crippen molar-refractivity contribution in [2.75, 3.05) is 26.4 Å².